The van der Waals surface area contributed by atoms with Crippen LogP contribution in [0.5, 0.6) is 0 Å². The first kappa shape index (κ1) is 37.1. The molecule has 0 spiro atoms. The lowest BCUT2D eigenvalue weighted by Crippen LogP contribution is -2.50. The molecule has 2 aliphatic heterocycles. The molecule has 6 rings (SSSR count). The van der Waals surface area contributed by atoms with Gasteiger partial charge >= 0.3 is 18.1 Å². The third-order valence-electron chi connectivity index (χ3n) is 9.12. The van der Waals surface area contributed by atoms with Crippen molar-refractivity contribution in [3.8, 4) is 11.1 Å². The number of thioether (sulfide) groups is 1. The van der Waals surface area contributed by atoms with Crippen LogP contribution in [0.2, 0.25) is 0 Å². The molecule has 4 aromatic rings. The molecule has 4 aromatic carbocycles. The average molecular weight is 735 g/mol. The van der Waals surface area contributed by atoms with Crippen LogP contribution in [-0.2, 0) is 32.2 Å². The molecule has 2 amide bonds. The van der Waals surface area contributed by atoms with Crippen LogP contribution in [0.4, 0.5) is 13.2 Å². The molecule has 4 atom stereocenters. The number of amides is 2. The number of nitrogens with one attached hydrogen (secondary N) is 1. The van der Waals surface area contributed by atoms with Crippen LogP contribution in [0.25, 0.3) is 11.1 Å². The fourth-order valence-corrected chi connectivity index (χ4v) is 7.27. The highest BCUT2D eigenvalue weighted by Gasteiger charge is 2.47. The Balaban J connectivity index is 1.12. The van der Waals surface area contributed by atoms with E-state index in [-0.39, 0.29) is 43.9 Å². The number of aliphatic hydroxyl groups is 1. The molecule has 0 saturated carbocycles. The molecule has 9 nitrogen and oxygen atoms in total. The van der Waals surface area contributed by atoms with Crippen LogP contribution < -0.4 is 5.32 Å². The summed E-state index contributed by atoms with van der Waals surface area (Å²) in [7, 11) is 0. The lowest BCUT2D eigenvalue weighted by atomic mass is 9.99. The highest BCUT2D eigenvalue weighted by molar-refractivity contribution is 7.99. The third kappa shape index (κ3) is 9.02. The minimum atomic E-state index is -5.03. The van der Waals surface area contributed by atoms with Gasteiger partial charge in [0.05, 0.1) is 24.4 Å². The predicted octanol–water partition coefficient (Wildman–Crippen LogP) is 7.05. The van der Waals surface area contributed by atoms with Crippen molar-refractivity contribution in [2.45, 2.75) is 68.0 Å². The van der Waals surface area contributed by atoms with E-state index in [9.17, 15) is 37.8 Å². The van der Waals surface area contributed by atoms with Crippen LogP contribution in [-0.4, -0.2) is 63.5 Å². The molecule has 0 unspecified atom stereocenters. The highest BCUT2D eigenvalue weighted by atomic mass is 32.2. The number of carboxylic acids is 1. The first-order valence-electron chi connectivity index (χ1n) is 16.8. The molecular weight excluding hydrogens is 697 g/mol. The van der Waals surface area contributed by atoms with E-state index in [0.717, 1.165) is 38.3 Å². The molecule has 52 heavy (non-hydrogen) atoms. The van der Waals surface area contributed by atoms with Gasteiger partial charge in [0.2, 0.25) is 5.91 Å². The smallest absolute Gasteiger partial charge is 0.471 e. The Morgan fingerprint density at radius 2 is 1.58 bits per heavy atom. The van der Waals surface area contributed by atoms with Gasteiger partial charge in [-0.05, 0) is 71.0 Å². The van der Waals surface area contributed by atoms with Gasteiger partial charge < -0.3 is 29.9 Å². The number of aromatic carboxylic acids is 1. The largest absolute Gasteiger partial charge is 0.478 e. The number of benzene rings is 4. The quantitative estimate of drug-likeness (QED) is 0.140. The van der Waals surface area contributed by atoms with Crippen molar-refractivity contribution in [2.75, 3.05) is 12.3 Å². The van der Waals surface area contributed by atoms with Crippen LogP contribution in [0, 0.1) is 0 Å². The van der Waals surface area contributed by atoms with Gasteiger partial charge in [-0.1, -0.05) is 66.7 Å². The zero-order chi connectivity index (χ0) is 36.8. The van der Waals surface area contributed by atoms with Crippen molar-refractivity contribution in [1.82, 2.24) is 10.2 Å². The topological polar surface area (TPSA) is 125 Å². The second kappa shape index (κ2) is 16.3. The van der Waals surface area contributed by atoms with Crippen LogP contribution in [0.15, 0.2) is 102 Å². The number of hydrogen-bond acceptors (Lipinski definition) is 7. The minimum Gasteiger partial charge on any atom is -0.478 e. The van der Waals surface area contributed by atoms with Crippen molar-refractivity contribution in [1.29, 1.82) is 0 Å². The summed E-state index contributed by atoms with van der Waals surface area (Å²) < 4.78 is 52.0. The fourth-order valence-electron chi connectivity index (χ4n) is 6.35. The molecule has 272 valence electrons. The van der Waals surface area contributed by atoms with Gasteiger partial charge in [-0.3, -0.25) is 9.59 Å². The monoisotopic (exact) mass is 734 g/mol. The number of aliphatic hydroxyl groups excluding tert-OH is 1. The molecule has 2 saturated heterocycles. The lowest BCUT2D eigenvalue weighted by Gasteiger charge is -2.36. The van der Waals surface area contributed by atoms with Crippen LogP contribution in [0.1, 0.15) is 64.3 Å². The molecule has 2 fully saturated rings. The number of ether oxygens (including phenoxy) is 2. The number of carboxylic acid groups (broad SMARTS) is 1. The van der Waals surface area contributed by atoms with Crippen molar-refractivity contribution < 1.29 is 47.2 Å². The minimum absolute atomic E-state index is 0.0614. The lowest BCUT2D eigenvalue weighted by molar-refractivity contribution is -0.245. The van der Waals surface area contributed by atoms with Crippen molar-refractivity contribution in [3.05, 3.63) is 125 Å². The van der Waals surface area contributed by atoms with Gasteiger partial charge in [0, 0.05) is 35.7 Å². The van der Waals surface area contributed by atoms with E-state index in [1.165, 1.54) is 0 Å². The number of hydrogen-bond donors (Lipinski definition) is 3. The summed E-state index contributed by atoms with van der Waals surface area (Å²) in [4.78, 5) is 37.4. The van der Waals surface area contributed by atoms with E-state index >= 15 is 0 Å². The second-order valence-corrected chi connectivity index (χ2v) is 13.8. The summed E-state index contributed by atoms with van der Waals surface area (Å²) >= 11 is 1.57. The van der Waals surface area contributed by atoms with Crippen molar-refractivity contribution in [3.63, 3.8) is 0 Å². The normalized spacial score (nSPS) is 20.4. The van der Waals surface area contributed by atoms with E-state index in [0.29, 0.717) is 23.5 Å². The predicted molar refractivity (Wildman–Crippen MR) is 187 cm³/mol. The van der Waals surface area contributed by atoms with Gasteiger partial charge in [-0.2, -0.15) is 13.2 Å². The van der Waals surface area contributed by atoms with Crippen molar-refractivity contribution in [2.24, 2.45) is 0 Å². The number of carbonyl (C=O) groups excluding carboxylic acids is 2. The van der Waals surface area contributed by atoms with E-state index in [4.69, 9.17) is 9.47 Å². The Bertz CT molecular complexity index is 1870. The maximum absolute atomic E-state index is 13.0. The third-order valence-corrected chi connectivity index (χ3v) is 10.3. The molecule has 0 aliphatic carbocycles. The molecule has 0 bridgehead atoms. The number of halogens is 3. The fraction of sp³-hybridized carbons (Fsp3) is 0.308. The Hall–Kier alpha value is -4.69. The van der Waals surface area contributed by atoms with Crippen LogP contribution in [0.3, 0.4) is 0 Å². The number of rotatable bonds is 11. The Morgan fingerprint density at radius 3 is 2.25 bits per heavy atom. The first-order chi connectivity index (χ1) is 25.0. The summed E-state index contributed by atoms with van der Waals surface area (Å²) in [5.74, 6) is -2.99. The van der Waals surface area contributed by atoms with E-state index in [2.05, 4.69) is 5.32 Å². The molecule has 0 aromatic heterocycles. The summed E-state index contributed by atoms with van der Waals surface area (Å²) in [5, 5.41) is 21.4. The maximum Gasteiger partial charge on any atom is 0.471 e. The van der Waals surface area contributed by atoms with Gasteiger partial charge in [-0.15, -0.1) is 11.8 Å². The zero-order valence-electron chi connectivity index (χ0n) is 27.9. The highest BCUT2D eigenvalue weighted by Crippen LogP contribution is 2.40. The van der Waals surface area contributed by atoms with Gasteiger partial charge in [0.25, 0.3) is 0 Å². The molecule has 0 radical (unpaired) electrons. The number of nitrogens with zero attached hydrogens (tertiary/aromatic N) is 1. The first-order valence-corrected chi connectivity index (χ1v) is 17.8. The van der Waals surface area contributed by atoms with E-state index in [1.807, 2.05) is 66.7 Å². The second-order valence-electron chi connectivity index (χ2n) is 12.7. The Kier molecular flexibility index (Phi) is 11.6. The molecule has 3 N–H and O–H groups in total. The summed E-state index contributed by atoms with van der Waals surface area (Å²) in [5.41, 5.74) is 5.27. The Morgan fingerprint density at radius 1 is 0.865 bits per heavy atom. The average Bonchev–Trinajstić information content (AvgIpc) is 3.66. The maximum atomic E-state index is 13.0. The summed E-state index contributed by atoms with van der Waals surface area (Å²) in [6.07, 6.45) is -5.09. The SMILES string of the molecule is O=C(O)c1ccc(SC[C@H]2C[C@@H](c3ccc(CO)cc3)O[C@@H](c3ccc(-c4cccc(CNC(=O)[C@@H]5CCCN5C(=O)C(F)(F)F)c4)cc3)O2)cc1. The van der Waals surface area contributed by atoms with Gasteiger partial charge in [-0.25, -0.2) is 4.79 Å². The molecule has 2 heterocycles. The van der Waals surface area contributed by atoms with E-state index < -0.39 is 36.3 Å². The molecule has 13 heteroatoms. The number of carbonyl (C=O) groups is 3. The molecular formula is C39H37F3N2O7S. The number of alkyl halides is 3. The summed E-state index contributed by atoms with van der Waals surface area (Å²) in [6, 6.07) is 28.3. The van der Waals surface area contributed by atoms with Crippen molar-refractivity contribution >= 4 is 29.5 Å². The van der Waals surface area contributed by atoms with Gasteiger partial charge in [0.15, 0.2) is 6.29 Å². The Labute approximate surface area is 302 Å². The molecule has 2 aliphatic rings. The van der Waals surface area contributed by atoms with Gasteiger partial charge in [0.1, 0.15) is 6.04 Å². The number of likely N-dealkylation sites (tertiary alicyclic amines) is 1. The van der Waals surface area contributed by atoms with E-state index in [1.54, 1.807) is 42.1 Å². The van der Waals surface area contributed by atoms with Crippen LogP contribution >= 0.6 is 11.8 Å². The standard InChI is InChI=1S/C39H37F3N2O7S/c40-39(41,42)38(49)44-18-2-5-33(44)35(46)43-21-25-3-1-4-30(19-25)26-10-12-29(13-11-26)37-50-31(23-52-32-16-14-28(15-17-32)36(47)48)20-34(51-37)27-8-6-24(22-45)7-9-27/h1,3-4,6-17,19,31,33-34,37,45H,2,5,18,20-23H2,(H,43,46)(H,47,48)/t31-,33+,34+,37+/m1/s1. The zero-order valence-corrected chi connectivity index (χ0v) is 28.7. The summed E-state index contributed by atoms with van der Waals surface area (Å²) in [6.45, 7) is -0.0850.